The van der Waals surface area contributed by atoms with Gasteiger partial charge in [0.05, 0.1) is 10.8 Å². The quantitative estimate of drug-likeness (QED) is 0.540. The van der Waals surface area contributed by atoms with Crippen molar-refractivity contribution in [3.8, 4) is 0 Å². The van der Waals surface area contributed by atoms with Crippen LogP contribution in [0.3, 0.4) is 0 Å². The molecule has 0 radical (unpaired) electrons. The van der Waals surface area contributed by atoms with E-state index in [-0.39, 0.29) is 34.4 Å². The van der Waals surface area contributed by atoms with Gasteiger partial charge < -0.3 is 0 Å². The van der Waals surface area contributed by atoms with Crippen LogP contribution in [0, 0.1) is 11.8 Å². The fourth-order valence-electron chi connectivity index (χ4n) is 4.59. The number of aromatic nitrogens is 2. The first-order valence-electron chi connectivity index (χ1n) is 10.4. The third-order valence-corrected chi connectivity index (χ3v) is 6.84. The normalized spacial score (nSPS) is 14.5. The number of hydrogen-bond donors (Lipinski definition) is 2. The Balaban J connectivity index is 2.54. The molecule has 0 saturated heterocycles. The van der Waals surface area contributed by atoms with Crippen molar-refractivity contribution in [2.75, 3.05) is 0 Å². The van der Waals surface area contributed by atoms with Gasteiger partial charge in [-0.2, -0.15) is 0 Å². The van der Waals surface area contributed by atoms with Crippen molar-refractivity contribution in [1.82, 2.24) is 9.97 Å². The summed E-state index contributed by atoms with van der Waals surface area (Å²) in [4.78, 5) is 56.9. The molecule has 156 valence electrons. The molecule has 4 heterocycles. The van der Waals surface area contributed by atoms with E-state index in [2.05, 4.69) is 37.7 Å². The molecule has 0 fully saturated rings. The van der Waals surface area contributed by atoms with Crippen molar-refractivity contribution >= 4 is 32.3 Å². The van der Waals surface area contributed by atoms with Crippen LogP contribution >= 0.6 is 0 Å². The van der Waals surface area contributed by atoms with Crippen molar-refractivity contribution in [2.24, 2.45) is 11.8 Å². The Morgan fingerprint density at radius 3 is 1.20 bits per heavy atom. The van der Waals surface area contributed by atoms with Gasteiger partial charge >= 0.3 is 0 Å². The van der Waals surface area contributed by atoms with Crippen LogP contribution in [-0.2, 0) is 0 Å². The second-order valence-electron chi connectivity index (χ2n) is 9.12. The van der Waals surface area contributed by atoms with Crippen LogP contribution in [0.25, 0.3) is 32.3 Å². The maximum Gasteiger partial charge on any atom is 0.259 e. The molecule has 6 rings (SSSR count). The second kappa shape index (κ2) is 6.76. The lowest BCUT2D eigenvalue weighted by molar-refractivity contribution is 0.504. The summed E-state index contributed by atoms with van der Waals surface area (Å²) >= 11 is 0. The largest absolute Gasteiger partial charge is 0.288 e. The lowest BCUT2D eigenvalue weighted by atomic mass is 9.75. The minimum Gasteiger partial charge on any atom is -0.288 e. The molecule has 2 aromatic carbocycles. The summed E-state index contributed by atoms with van der Waals surface area (Å²) in [5.74, 6) is 0.375. The lowest BCUT2D eigenvalue weighted by Crippen LogP contribution is -2.15. The number of fused-ring (bicyclic) bond motifs is 6. The molecule has 0 aliphatic heterocycles. The van der Waals surface area contributed by atoms with E-state index in [0.717, 1.165) is 11.1 Å². The van der Waals surface area contributed by atoms with Crippen LogP contribution in [0.4, 0.5) is 0 Å². The van der Waals surface area contributed by atoms with Gasteiger partial charge in [-0.3, -0.25) is 29.1 Å². The van der Waals surface area contributed by atoms with Crippen LogP contribution in [0.2, 0.25) is 0 Å². The van der Waals surface area contributed by atoms with Gasteiger partial charge in [-0.15, -0.1) is 0 Å². The van der Waals surface area contributed by atoms with E-state index in [4.69, 9.17) is 0 Å². The summed E-state index contributed by atoms with van der Waals surface area (Å²) in [5, 5.41) is 2.03. The van der Waals surface area contributed by atoms with Crippen LogP contribution in [-0.4, -0.2) is 9.97 Å². The van der Waals surface area contributed by atoms with E-state index in [9.17, 15) is 19.2 Å². The molecular weight excluding hydrogens is 380 g/mol. The summed E-state index contributed by atoms with van der Waals surface area (Å²) in [5.41, 5.74) is -0.481. The van der Waals surface area contributed by atoms with Crippen molar-refractivity contribution in [1.29, 1.82) is 0 Å². The van der Waals surface area contributed by atoms with Crippen LogP contribution in [0.5, 0.6) is 0 Å². The molecule has 2 atom stereocenters. The monoisotopic (exact) mass is 406 g/mol. The summed E-state index contributed by atoms with van der Waals surface area (Å²) in [6.07, 6.45) is 0. The Morgan fingerprint density at radius 1 is 0.533 bits per heavy atom. The van der Waals surface area contributed by atoms with Crippen molar-refractivity contribution in [3.63, 3.8) is 0 Å². The number of nitrogens with one attached hydrogen (secondary N) is 2. The lowest BCUT2D eigenvalue weighted by Gasteiger charge is -2.27. The Labute approximate surface area is 172 Å². The number of aromatic amines is 2. The summed E-state index contributed by atoms with van der Waals surface area (Å²) in [6.45, 7) is 12.4. The van der Waals surface area contributed by atoms with Crippen molar-refractivity contribution < 1.29 is 0 Å². The highest BCUT2D eigenvalue weighted by molar-refractivity contribution is 6.24. The van der Waals surface area contributed by atoms with Gasteiger partial charge in [-0.25, -0.2) is 0 Å². The zero-order valence-corrected chi connectivity index (χ0v) is 18.1. The number of rotatable bonds is 4. The first-order chi connectivity index (χ1) is 14.1. The Bertz CT molecular complexity index is 1400. The van der Waals surface area contributed by atoms with E-state index in [1.165, 1.54) is 0 Å². The average molecular weight is 406 g/mol. The molecule has 6 heteroatoms. The van der Waals surface area contributed by atoms with Crippen LogP contribution in [0.1, 0.15) is 64.5 Å². The molecule has 0 aliphatic carbocycles. The molecule has 2 unspecified atom stereocenters. The smallest absolute Gasteiger partial charge is 0.259 e. The van der Waals surface area contributed by atoms with E-state index in [1.807, 2.05) is 13.8 Å². The third-order valence-electron chi connectivity index (χ3n) is 6.84. The zero-order chi connectivity index (χ0) is 22.1. The number of H-pyrrole nitrogens is 2. The van der Waals surface area contributed by atoms with Gasteiger partial charge in [0.25, 0.3) is 22.2 Å². The minimum absolute atomic E-state index is 0.0213. The highest BCUT2D eigenvalue weighted by atomic mass is 16.2. The van der Waals surface area contributed by atoms with E-state index in [1.54, 1.807) is 12.1 Å². The SMILES string of the molecule is CC(C)C(C)c1c(C(C)C(C)C)c2c(=O)[nH]c(=O)c1c1c3ccc(c(=O)[nH]c3=O)c21. The zero-order valence-electron chi connectivity index (χ0n) is 18.1. The summed E-state index contributed by atoms with van der Waals surface area (Å²) in [6, 6.07) is 3.15. The molecule has 0 spiro atoms. The Morgan fingerprint density at radius 2 is 0.867 bits per heavy atom. The van der Waals surface area contributed by atoms with E-state index in [0.29, 0.717) is 21.5 Å². The highest BCUT2D eigenvalue weighted by Crippen LogP contribution is 2.43. The maximum absolute atomic E-state index is 13.3. The third kappa shape index (κ3) is 2.62. The topological polar surface area (TPSA) is 99.9 Å². The fourth-order valence-corrected chi connectivity index (χ4v) is 4.59. The molecule has 0 amide bonds. The molecule has 6 nitrogen and oxygen atoms in total. The first-order valence-corrected chi connectivity index (χ1v) is 10.4. The standard InChI is InChI=1S/C24H26N2O4/c1-9(2)11(5)15-16(12(6)10(3)4)20-18-14-8-7-13(21(27)25-22(14)28)17(18)19(15)23(29)26-24(20)30/h7-12H,1-6H3,(H,25,27,28)(H,26,29,30). The Kier molecular flexibility index (Phi) is 4.56. The van der Waals surface area contributed by atoms with Gasteiger partial charge in [0.2, 0.25) is 0 Å². The molecule has 30 heavy (non-hydrogen) atoms. The van der Waals surface area contributed by atoms with Gasteiger partial charge in [-0.1, -0.05) is 41.5 Å². The van der Waals surface area contributed by atoms with Gasteiger partial charge in [0.15, 0.2) is 0 Å². The molecule has 4 aromatic heterocycles. The average Bonchev–Trinajstić information content (AvgIpc) is 2.98. The molecular formula is C24H26N2O4. The predicted molar refractivity (Wildman–Crippen MR) is 122 cm³/mol. The molecule has 2 N–H and O–H groups in total. The van der Waals surface area contributed by atoms with Gasteiger partial charge in [-0.05, 0) is 46.9 Å². The molecule has 4 bridgehead atoms. The number of hydrogen-bond acceptors (Lipinski definition) is 4. The van der Waals surface area contributed by atoms with Gasteiger partial charge in [0, 0.05) is 21.5 Å². The first kappa shape index (κ1) is 20.3. The van der Waals surface area contributed by atoms with Crippen LogP contribution < -0.4 is 22.2 Å². The molecule has 0 aliphatic rings. The molecule has 6 aromatic rings. The highest BCUT2D eigenvalue weighted by Gasteiger charge is 2.30. The fraction of sp³-hybridized carbons (Fsp3) is 0.417. The van der Waals surface area contributed by atoms with Crippen molar-refractivity contribution in [2.45, 2.75) is 53.4 Å². The number of benzene rings is 2. The van der Waals surface area contributed by atoms with E-state index < -0.39 is 22.2 Å². The van der Waals surface area contributed by atoms with E-state index >= 15 is 0 Å². The second-order valence-corrected chi connectivity index (χ2v) is 9.12. The summed E-state index contributed by atoms with van der Waals surface area (Å²) < 4.78 is 0. The predicted octanol–water partition coefficient (Wildman–Crippen LogP) is 3.64. The van der Waals surface area contributed by atoms with Crippen molar-refractivity contribution in [3.05, 3.63) is 64.7 Å². The molecule has 0 saturated carbocycles. The maximum atomic E-state index is 13.3. The summed E-state index contributed by atoms with van der Waals surface area (Å²) in [7, 11) is 0. The van der Waals surface area contributed by atoms with Crippen LogP contribution in [0.15, 0.2) is 31.3 Å². The minimum atomic E-state index is -0.549. The Hall–Kier alpha value is -3.02. The van der Waals surface area contributed by atoms with Gasteiger partial charge in [0.1, 0.15) is 0 Å².